The standard InChI is InChI=1S/C34H31ClN6O4/c1-41(2)11-4-7-33(42)40-30-15-27-29(16-32(30)45-26-10-12-43-21-26)38-19-24(18-37)34(27)39-25-8-9-31(28(35)14-25)44-20-23-6-3-5-22(13-23)17-36/h3-9,13-16,19,26H,10-12,20-21H2,1-2H3,(H,38,39)(H,40,42). The van der Waals surface area contributed by atoms with Gasteiger partial charge in [0.15, 0.2) is 0 Å². The summed E-state index contributed by atoms with van der Waals surface area (Å²) >= 11 is 6.58. The van der Waals surface area contributed by atoms with E-state index in [0.717, 1.165) is 12.0 Å². The van der Waals surface area contributed by atoms with Crippen LogP contribution in [0.3, 0.4) is 0 Å². The number of fused-ring (bicyclic) bond motifs is 1. The molecule has 1 unspecified atom stereocenters. The van der Waals surface area contributed by atoms with Crippen LogP contribution in [-0.4, -0.2) is 55.7 Å². The Morgan fingerprint density at radius 1 is 1.16 bits per heavy atom. The summed E-state index contributed by atoms with van der Waals surface area (Å²) in [6.45, 7) is 1.91. The zero-order valence-electron chi connectivity index (χ0n) is 24.8. The van der Waals surface area contributed by atoms with Crippen LogP contribution >= 0.6 is 11.6 Å². The normalized spacial score (nSPS) is 14.3. The summed E-state index contributed by atoms with van der Waals surface area (Å²) in [6.07, 6.45) is 5.31. The van der Waals surface area contributed by atoms with Crippen LogP contribution in [0, 0.1) is 22.7 Å². The Labute approximate surface area is 266 Å². The number of hydrogen-bond donors (Lipinski definition) is 2. The first-order valence-corrected chi connectivity index (χ1v) is 14.6. The minimum atomic E-state index is -0.315. The highest BCUT2D eigenvalue weighted by Crippen LogP contribution is 2.38. The third-order valence-corrected chi connectivity index (χ3v) is 7.22. The van der Waals surface area contributed by atoms with Crippen molar-refractivity contribution in [1.82, 2.24) is 9.88 Å². The fraction of sp³-hybridized carbons (Fsp3) is 0.235. The van der Waals surface area contributed by atoms with Crippen molar-refractivity contribution in [1.29, 1.82) is 10.5 Å². The molecule has 1 atom stereocenters. The van der Waals surface area contributed by atoms with E-state index in [-0.39, 0.29) is 18.6 Å². The number of likely N-dealkylation sites (N-methyl/N-ethyl adjacent to an activating group) is 1. The second-order valence-corrected chi connectivity index (χ2v) is 11.1. The van der Waals surface area contributed by atoms with Crippen LogP contribution in [0.25, 0.3) is 10.9 Å². The molecule has 2 N–H and O–H groups in total. The monoisotopic (exact) mass is 622 g/mol. The Kier molecular flexibility index (Phi) is 10.1. The molecule has 0 bridgehead atoms. The lowest BCUT2D eigenvalue weighted by atomic mass is 10.1. The van der Waals surface area contributed by atoms with Crippen LogP contribution in [0.1, 0.15) is 23.1 Å². The molecule has 2 heterocycles. The lowest BCUT2D eigenvalue weighted by molar-refractivity contribution is -0.111. The van der Waals surface area contributed by atoms with Gasteiger partial charge in [-0.15, -0.1) is 0 Å². The number of ether oxygens (including phenoxy) is 3. The first kappa shape index (κ1) is 31.3. The van der Waals surface area contributed by atoms with Gasteiger partial charge in [0.25, 0.3) is 0 Å². The van der Waals surface area contributed by atoms with Crippen LogP contribution < -0.4 is 20.1 Å². The molecule has 11 heteroatoms. The van der Waals surface area contributed by atoms with Gasteiger partial charge in [-0.2, -0.15) is 10.5 Å². The Balaban J connectivity index is 1.44. The number of halogens is 1. The lowest BCUT2D eigenvalue weighted by Crippen LogP contribution is -2.18. The van der Waals surface area contributed by atoms with Crippen LogP contribution in [0.15, 0.2) is 72.9 Å². The Morgan fingerprint density at radius 2 is 2.02 bits per heavy atom. The number of amides is 1. The molecule has 228 valence electrons. The molecule has 10 nitrogen and oxygen atoms in total. The smallest absolute Gasteiger partial charge is 0.248 e. The minimum absolute atomic E-state index is 0.156. The minimum Gasteiger partial charge on any atom is -0.487 e. The van der Waals surface area contributed by atoms with Crippen molar-refractivity contribution < 1.29 is 19.0 Å². The van der Waals surface area contributed by atoms with Crippen molar-refractivity contribution in [3.8, 4) is 23.6 Å². The molecule has 0 saturated carbocycles. The molecule has 1 aromatic heterocycles. The van der Waals surface area contributed by atoms with E-state index in [1.165, 1.54) is 12.3 Å². The largest absolute Gasteiger partial charge is 0.487 e. The van der Waals surface area contributed by atoms with Crippen LogP contribution in [0.5, 0.6) is 11.5 Å². The van der Waals surface area contributed by atoms with Crippen molar-refractivity contribution in [2.75, 3.05) is 44.5 Å². The number of hydrogen-bond acceptors (Lipinski definition) is 9. The van der Waals surface area contributed by atoms with Gasteiger partial charge in [0.1, 0.15) is 30.3 Å². The highest BCUT2D eigenvalue weighted by Gasteiger charge is 2.21. The second kappa shape index (κ2) is 14.6. The number of carbonyl (C=O) groups excluding carboxylic acids is 1. The Hall–Kier alpha value is -5.13. The molecule has 4 aromatic rings. The summed E-state index contributed by atoms with van der Waals surface area (Å²) in [5, 5.41) is 26.3. The number of nitriles is 2. The van der Waals surface area contributed by atoms with Crippen LogP contribution in [0.2, 0.25) is 5.02 Å². The summed E-state index contributed by atoms with van der Waals surface area (Å²) in [5.41, 5.74) is 3.81. The predicted molar refractivity (Wildman–Crippen MR) is 173 cm³/mol. The Morgan fingerprint density at radius 3 is 2.76 bits per heavy atom. The molecule has 1 fully saturated rings. The van der Waals surface area contributed by atoms with Gasteiger partial charge in [0.05, 0.1) is 52.3 Å². The van der Waals surface area contributed by atoms with Gasteiger partial charge < -0.3 is 29.7 Å². The van der Waals surface area contributed by atoms with Crippen LogP contribution in [-0.2, 0) is 16.1 Å². The fourth-order valence-electron chi connectivity index (χ4n) is 4.70. The summed E-state index contributed by atoms with van der Waals surface area (Å²) in [6, 6.07) is 20.2. The lowest BCUT2D eigenvalue weighted by Gasteiger charge is -2.19. The molecule has 1 aliphatic rings. The van der Waals surface area contributed by atoms with E-state index in [4.69, 9.17) is 31.1 Å². The zero-order chi connectivity index (χ0) is 31.8. The number of nitrogens with zero attached hydrogens (tertiary/aromatic N) is 4. The summed E-state index contributed by atoms with van der Waals surface area (Å²) in [4.78, 5) is 19.3. The number of pyridine rings is 1. The summed E-state index contributed by atoms with van der Waals surface area (Å²) < 4.78 is 17.6. The van der Waals surface area contributed by atoms with E-state index in [9.17, 15) is 10.1 Å². The molecule has 45 heavy (non-hydrogen) atoms. The number of anilines is 3. The van der Waals surface area contributed by atoms with Gasteiger partial charge in [0.2, 0.25) is 5.91 Å². The first-order valence-electron chi connectivity index (χ1n) is 14.2. The summed E-state index contributed by atoms with van der Waals surface area (Å²) in [5.74, 6) is 0.611. The van der Waals surface area contributed by atoms with Crippen molar-refractivity contribution >= 4 is 45.5 Å². The maximum absolute atomic E-state index is 12.8. The van der Waals surface area contributed by atoms with Crippen molar-refractivity contribution in [2.45, 2.75) is 19.1 Å². The average Bonchev–Trinajstić information content (AvgIpc) is 3.54. The van der Waals surface area contributed by atoms with E-state index >= 15 is 0 Å². The van der Waals surface area contributed by atoms with E-state index < -0.39 is 0 Å². The van der Waals surface area contributed by atoms with Crippen molar-refractivity contribution in [3.63, 3.8) is 0 Å². The highest BCUT2D eigenvalue weighted by atomic mass is 35.5. The van der Waals surface area contributed by atoms with E-state index in [0.29, 0.717) is 75.4 Å². The van der Waals surface area contributed by atoms with Gasteiger partial charge in [0, 0.05) is 42.4 Å². The fourth-order valence-corrected chi connectivity index (χ4v) is 4.93. The van der Waals surface area contributed by atoms with Gasteiger partial charge in [-0.25, -0.2) is 0 Å². The molecule has 1 amide bonds. The number of benzene rings is 3. The van der Waals surface area contributed by atoms with Crippen LogP contribution in [0.4, 0.5) is 17.1 Å². The second-order valence-electron chi connectivity index (χ2n) is 10.7. The molecule has 1 saturated heterocycles. The average molecular weight is 623 g/mol. The molecular weight excluding hydrogens is 592 g/mol. The topological polar surface area (TPSA) is 133 Å². The third kappa shape index (κ3) is 8.08. The van der Waals surface area contributed by atoms with E-state index in [2.05, 4.69) is 27.8 Å². The molecule has 1 aliphatic heterocycles. The number of rotatable bonds is 11. The first-order chi connectivity index (χ1) is 21.8. The molecule has 3 aromatic carbocycles. The maximum atomic E-state index is 12.8. The maximum Gasteiger partial charge on any atom is 0.248 e. The van der Waals surface area contributed by atoms with E-state index in [1.54, 1.807) is 54.6 Å². The molecular formula is C34H31ClN6O4. The summed E-state index contributed by atoms with van der Waals surface area (Å²) in [7, 11) is 3.83. The predicted octanol–water partition coefficient (Wildman–Crippen LogP) is 6.18. The highest BCUT2D eigenvalue weighted by molar-refractivity contribution is 6.32. The number of nitrogens with one attached hydrogen (secondary N) is 2. The quantitative estimate of drug-likeness (QED) is 0.188. The SMILES string of the molecule is CN(C)CC=CC(=O)Nc1cc2c(Nc3ccc(OCc4cccc(C#N)c4)c(Cl)c3)c(C#N)cnc2cc1OC1CCOC1. The molecule has 0 spiro atoms. The van der Waals surface area contributed by atoms with E-state index in [1.807, 2.05) is 25.1 Å². The Bertz CT molecular complexity index is 1820. The number of aromatic nitrogens is 1. The van der Waals surface area contributed by atoms with Gasteiger partial charge in [-0.05, 0) is 56.1 Å². The molecule has 5 rings (SSSR count). The van der Waals surface area contributed by atoms with Gasteiger partial charge >= 0.3 is 0 Å². The zero-order valence-corrected chi connectivity index (χ0v) is 25.6. The van der Waals surface area contributed by atoms with Gasteiger partial charge in [-0.1, -0.05) is 29.8 Å². The van der Waals surface area contributed by atoms with Crippen molar-refractivity contribution in [2.24, 2.45) is 0 Å². The molecule has 0 radical (unpaired) electrons. The number of carbonyl (C=O) groups is 1. The van der Waals surface area contributed by atoms with Crippen molar-refractivity contribution in [3.05, 3.63) is 94.7 Å². The third-order valence-electron chi connectivity index (χ3n) is 6.92. The van der Waals surface area contributed by atoms with Gasteiger partial charge in [-0.3, -0.25) is 9.78 Å². The molecule has 0 aliphatic carbocycles.